The Labute approximate surface area is 70.8 Å². The fraction of sp³-hybridized carbons (Fsp3) is 0.375. The zero-order chi connectivity index (χ0) is 9.30. The van der Waals surface area contributed by atoms with Crippen molar-refractivity contribution in [2.24, 2.45) is 12.8 Å². The van der Waals surface area contributed by atoms with Crippen molar-refractivity contribution in [1.82, 2.24) is 4.57 Å². The number of hydrogen-bond donors (Lipinski definition) is 2. The van der Waals surface area contributed by atoms with Crippen molar-refractivity contribution in [3.05, 3.63) is 28.2 Å². The molecule has 0 spiro atoms. The number of nitrogen functional groups attached to an aromatic ring is 1. The van der Waals surface area contributed by atoms with Gasteiger partial charge in [-0.3, -0.25) is 4.79 Å². The Bertz CT molecular complexity index is 341. The van der Waals surface area contributed by atoms with Gasteiger partial charge in [-0.1, -0.05) is 0 Å². The Morgan fingerprint density at radius 2 is 2.17 bits per heavy atom. The average Bonchev–Trinajstić information content (AvgIpc) is 1.96. The van der Waals surface area contributed by atoms with Crippen LogP contribution in [0.1, 0.15) is 18.5 Å². The standard InChI is InChI=1S/C8H13N3O/c1-5(9)7-3-6(10)4-11(2)8(7)12/h3-5H,9-10H2,1-2H3. The first kappa shape index (κ1) is 8.80. The van der Waals surface area contributed by atoms with Gasteiger partial charge in [0, 0.05) is 30.5 Å². The molecule has 1 unspecified atom stereocenters. The molecule has 0 aliphatic carbocycles. The van der Waals surface area contributed by atoms with Gasteiger partial charge in [-0.05, 0) is 13.0 Å². The zero-order valence-corrected chi connectivity index (χ0v) is 7.24. The van der Waals surface area contributed by atoms with E-state index in [2.05, 4.69) is 0 Å². The van der Waals surface area contributed by atoms with Crippen LogP contribution in [0.2, 0.25) is 0 Å². The summed E-state index contributed by atoms with van der Waals surface area (Å²) in [6.45, 7) is 1.76. The Balaban J connectivity index is 3.38. The van der Waals surface area contributed by atoms with Crippen LogP contribution in [0.25, 0.3) is 0 Å². The van der Waals surface area contributed by atoms with Gasteiger partial charge in [0.1, 0.15) is 0 Å². The second-order valence-electron chi connectivity index (χ2n) is 2.93. The molecule has 1 atom stereocenters. The summed E-state index contributed by atoms with van der Waals surface area (Å²) < 4.78 is 1.44. The molecule has 66 valence electrons. The molecule has 1 heterocycles. The van der Waals surface area contributed by atoms with E-state index in [0.717, 1.165) is 0 Å². The quantitative estimate of drug-likeness (QED) is 0.617. The van der Waals surface area contributed by atoms with Crippen molar-refractivity contribution < 1.29 is 0 Å². The Morgan fingerprint density at radius 3 is 2.67 bits per heavy atom. The summed E-state index contributed by atoms with van der Waals surface area (Å²) in [5.74, 6) is 0. The minimum absolute atomic E-state index is 0.0841. The summed E-state index contributed by atoms with van der Waals surface area (Å²) in [6, 6.07) is 1.35. The maximum atomic E-state index is 11.4. The first-order valence-electron chi connectivity index (χ1n) is 3.74. The van der Waals surface area contributed by atoms with Crippen LogP contribution < -0.4 is 17.0 Å². The van der Waals surface area contributed by atoms with Gasteiger partial charge in [-0.15, -0.1) is 0 Å². The molecule has 0 amide bonds. The van der Waals surface area contributed by atoms with Crippen molar-refractivity contribution in [3.8, 4) is 0 Å². The lowest BCUT2D eigenvalue weighted by atomic mass is 10.1. The molecule has 4 nitrogen and oxygen atoms in total. The number of hydrogen-bond acceptors (Lipinski definition) is 3. The first-order valence-corrected chi connectivity index (χ1v) is 3.74. The molecule has 1 rings (SSSR count). The van der Waals surface area contributed by atoms with Gasteiger partial charge in [0.05, 0.1) is 0 Å². The van der Waals surface area contributed by atoms with E-state index in [1.54, 1.807) is 26.2 Å². The highest BCUT2D eigenvalue weighted by molar-refractivity contribution is 5.38. The normalized spacial score (nSPS) is 12.9. The molecular formula is C8H13N3O. The topological polar surface area (TPSA) is 74.0 Å². The number of aryl methyl sites for hydroxylation is 1. The molecule has 4 N–H and O–H groups in total. The van der Waals surface area contributed by atoms with E-state index in [1.165, 1.54) is 4.57 Å². The zero-order valence-electron chi connectivity index (χ0n) is 7.24. The highest BCUT2D eigenvalue weighted by Gasteiger charge is 2.06. The minimum Gasteiger partial charge on any atom is -0.398 e. The fourth-order valence-corrected chi connectivity index (χ4v) is 1.09. The molecule has 0 aliphatic rings. The van der Waals surface area contributed by atoms with Crippen LogP contribution >= 0.6 is 0 Å². The van der Waals surface area contributed by atoms with Gasteiger partial charge in [-0.25, -0.2) is 0 Å². The lowest BCUT2D eigenvalue weighted by Gasteiger charge is -2.07. The first-order chi connectivity index (χ1) is 5.52. The van der Waals surface area contributed by atoms with E-state index in [4.69, 9.17) is 11.5 Å². The minimum atomic E-state index is -0.271. The van der Waals surface area contributed by atoms with E-state index in [9.17, 15) is 4.79 Å². The van der Waals surface area contributed by atoms with Gasteiger partial charge in [0.2, 0.25) is 0 Å². The van der Waals surface area contributed by atoms with Crippen LogP contribution in [0.3, 0.4) is 0 Å². The number of nitrogens with two attached hydrogens (primary N) is 2. The van der Waals surface area contributed by atoms with Crippen LogP contribution in [-0.4, -0.2) is 4.57 Å². The van der Waals surface area contributed by atoms with Gasteiger partial charge in [-0.2, -0.15) is 0 Å². The molecule has 0 bridgehead atoms. The predicted molar refractivity (Wildman–Crippen MR) is 48.7 cm³/mol. The molecule has 0 aromatic carbocycles. The van der Waals surface area contributed by atoms with E-state index in [0.29, 0.717) is 11.3 Å². The molecular weight excluding hydrogens is 154 g/mol. The van der Waals surface area contributed by atoms with Crippen LogP contribution in [0.5, 0.6) is 0 Å². The van der Waals surface area contributed by atoms with E-state index in [-0.39, 0.29) is 11.6 Å². The number of anilines is 1. The molecule has 0 saturated carbocycles. The smallest absolute Gasteiger partial charge is 0.255 e. The molecule has 0 saturated heterocycles. The van der Waals surface area contributed by atoms with E-state index >= 15 is 0 Å². The Hall–Kier alpha value is -1.29. The van der Waals surface area contributed by atoms with Crippen LogP contribution in [0, 0.1) is 0 Å². The molecule has 1 aromatic rings. The molecule has 0 aliphatic heterocycles. The summed E-state index contributed by atoms with van der Waals surface area (Å²) in [4.78, 5) is 11.4. The number of aromatic nitrogens is 1. The van der Waals surface area contributed by atoms with Crippen molar-refractivity contribution >= 4 is 5.69 Å². The highest BCUT2D eigenvalue weighted by Crippen LogP contribution is 2.07. The predicted octanol–water partition coefficient (Wildman–Crippen LogP) is -0.0128. The largest absolute Gasteiger partial charge is 0.398 e. The van der Waals surface area contributed by atoms with Crippen LogP contribution in [0.15, 0.2) is 17.1 Å². The third-order valence-corrected chi connectivity index (χ3v) is 1.72. The Kier molecular flexibility index (Phi) is 2.19. The third kappa shape index (κ3) is 1.48. The third-order valence-electron chi connectivity index (χ3n) is 1.72. The van der Waals surface area contributed by atoms with Crippen molar-refractivity contribution in [3.63, 3.8) is 0 Å². The lowest BCUT2D eigenvalue weighted by molar-refractivity contribution is 0.758. The van der Waals surface area contributed by atoms with Gasteiger partial charge in [0.15, 0.2) is 0 Å². The molecule has 0 fully saturated rings. The summed E-state index contributed by atoms with van der Waals surface area (Å²) in [5.41, 5.74) is 12.2. The van der Waals surface area contributed by atoms with E-state index < -0.39 is 0 Å². The molecule has 0 radical (unpaired) electrons. The number of rotatable bonds is 1. The number of pyridine rings is 1. The summed E-state index contributed by atoms with van der Waals surface area (Å²) in [5, 5.41) is 0. The molecule has 4 heteroatoms. The molecule has 12 heavy (non-hydrogen) atoms. The van der Waals surface area contributed by atoms with Crippen LogP contribution in [-0.2, 0) is 7.05 Å². The lowest BCUT2D eigenvalue weighted by Crippen LogP contribution is -2.25. The fourth-order valence-electron chi connectivity index (χ4n) is 1.09. The monoisotopic (exact) mass is 167 g/mol. The summed E-state index contributed by atoms with van der Waals surface area (Å²) >= 11 is 0. The molecule has 1 aromatic heterocycles. The van der Waals surface area contributed by atoms with Crippen molar-refractivity contribution in [2.45, 2.75) is 13.0 Å². The SMILES string of the molecule is CC(N)c1cc(N)cn(C)c1=O. The summed E-state index contributed by atoms with van der Waals surface area (Å²) in [7, 11) is 1.66. The number of nitrogens with zero attached hydrogens (tertiary/aromatic N) is 1. The van der Waals surface area contributed by atoms with Gasteiger partial charge < -0.3 is 16.0 Å². The summed E-state index contributed by atoms with van der Waals surface area (Å²) in [6.07, 6.45) is 1.58. The van der Waals surface area contributed by atoms with Crippen molar-refractivity contribution in [1.29, 1.82) is 0 Å². The maximum absolute atomic E-state index is 11.4. The van der Waals surface area contributed by atoms with Crippen LogP contribution in [0.4, 0.5) is 5.69 Å². The van der Waals surface area contributed by atoms with E-state index in [1.807, 2.05) is 0 Å². The maximum Gasteiger partial charge on any atom is 0.255 e. The Morgan fingerprint density at radius 1 is 1.58 bits per heavy atom. The van der Waals surface area contributed by atoms with Gasteiger partial charge >= 0.3 is 0 Å². The second-order valence-corrected chi connectivity index (χ2v) is 2.93. The highest BCUT2D eigenvalue weighted by atomic mass is 16.1. The average molecular weight is 167 g/mol. The van der Waals surface area contributed by atoms with Crippen molar-refractivity contribution in [2.75, 3.05) is 5.73 Å². The second kappa shape index (κ2) is 2.98. The van der Waals surface area contributed by atoms with Gasteiger partial charge in [0.25, 0.3) is 5.56 Å².